The van der Waals surface area contributed by atoms with Gasteiger partial charge in [-0.15, -0.1) is 0 Å². The predicted octanol–water partition coefficient (Wildman–Crippen LogP) is 3.57. The summed E-state index contributed by atoms with van der Waals surface area (Å²) >= 11 is 0. The van der Waals surface area contributed by atoms with E-state index in [0.717, 1.165) is 23.6 Å². The molecule has 0 saturated carbocycles. The minimum absolute atomic E-state index is 0.300. The van der Waals surface area contributed by atoms with E-state index >= 15 is 0 Å². The smallest absolute Gasteiger partial charge is 0.231 e. The van der Waals surface area contributed by atoms with Crippen LogP contribution in [0.3, 0.4) is 0 Å². The fraction of sp³-hybridized carbons (Fsp3) is 0.294. The molecule has 0 spiro atoms. The highest BCUT2D eigenvalue weighted by molar-refractivity contribution is 5.48. The number of para-hydroxylation sites is 1. The van der Waals surface area contributed by atoms with Crippen molar-refractivity contribution in [2.45, 2.75) is 26.4 Å². The maximum Gasteiger partial charge on any atom is 0.231 e. The monoisotopic (exact) mass is 269 g/mol. The van der Waals surface area contributed by atoms with E-state index in [9.17, 15) is 0 Å². The molecule has 3 rings (SSSR count). The summed E-state index contributed by atoms with van der Waals surface area (Å²) in [5.74, 6) is 1.71. The summed E-state index contributed by atoms with van der Waals surface area (Å²) < 4.78 is 10.9. The van der Waals surface area contributed by atoms with Crippen molar-refractivity contribution < 1.29 is 9.47 Å². The van der Waals surface area contributed by atoms with Gasteiger partial charge in [-0.1, -0.05) is 36.4 Å². The van der Waals surface area contributed by atoms with Crippen molar-refractivity contribution in [1.29, 1.82) is 0 Å². The molecule has 1 atom stereocenters. The van der Waals surface area contributed by atoms with Crippen LogP contribution in [0.4, 0.5) is 0 Å². The minimum atomic E-state index is 0.300. The van der Waals surface area contributed by atoms with Crippen LogP contribution in [0, 0.1) is 6.92 Å². The molecule has 2 aromatic carbocycles. The highest BCUT2D eigenvalue weighted by Gasteiger charge is 2.17. The number of fused-ring (bicyclic) bond motifs is 1. The van der Waals surface area contributed by atoms with Crippen LogP contribution in [0.2, 0.25) is 0 Å². The van der Waals surface area contributed by atoms with Gasteiger partial charge in [0.15, 0.2) is 11.5 Å². The first kappa shape index (κ1) is 13.0. The van der Waals surface area contributed by atoms with Crippen molar-refractivity contribution >= 4 is 0 Å². The molecule has 0 radical (unpaired) electrons. The molecule has 104 valence electrons. The van der Waals surface area contributed by atoms with Gasteiger partial charge >= 0.3 is 0 Å². The van der Waals surface area contributed by atoms with E-state index in [4.69, 9.17) is 9.47 Å². The molecule has 0 bridgehead atoms. The molecule has 1 N–H and O–H groups in total. The molecule has 0 fully saturated rings. The van der Waals surface area contributed by atoms with Crippen molar-refractivity contribution in [3.63, 3.8) is 0 Å². The van der Waals surface area contributed by atoms with Crippen LogP contribution in [0.5, 0.6) is 11.5 Å². The molecular weight excluding hydrogens is 250 g/mol. The molecule has 0 saturated heterocycles. The summed E-state index contributed by atoms with van der Waals surface area (Å²) in [5, 5.41) is 3.55. The summed E-state index contributed by atoms with van der Waals surface area (Å²) in [6.45, 7) is 5.41. The second-order valence-corrected chi connectivity index (χ2v) is 5.11. The standard InChI is InChI=1S/C17H19NO2/c1-12-6-3-4-8-15(12)13(2)18-10-14-7-5-9-16-17(14)20-11-19-16/h3-9,13,18H,10-11H2,1-2H3/t13-/m1/s1. The Labute approximate surface area is 119 Å². The number of benzene rings is 2. The van der Waals surface area contributed by atoms with Gasteiger partial charge in [0.2, 0.25) is 6.79 Å². The third-order valence-electron chi connectivity index (χ3n) is 3.73. The van der Waals surface area contributed by atoms with Crippen LogP contribution in [0.1, 0.15) is 29.7 Å². The Kier molecular flexibility index (Phi) is 3.61. The second-order valence-electron chi connectivity index (χ2n) is 5.11. The summed E-state index contributed by atoms with van der Waals surface area (Å²) in [7, 11) is 0. The lowest BCUT2D eigenvalue weighted by Crippen LogP contribution is -2.19. The first-order chi connectivity index (χ1) is 9.75. The summed E-state index contributed by atoms with van der Waals surface area (Å²) in [6.07, 6.45) is 0. The molecule has 20 heavy (non-hydrogen) atoms. The van der Waals surface area contributed by atoms with Gasteiger partial charge < -0.3 is 14.8 Å². The first-order valence-corrected chi connectivity index (χ1v) is 6.92. The van der Waals surface area contributed by atoms with Gasteiger partial charge in [0.05, 0.1) is 0 Å². The zero-order valence-electron chi connectivity index (χ0n) is 11.8. The van der Waals surface area contributed by atoms with Gasteiger partial charge in [0.1, 0.15) is 0 Å². The normalized spacial score (nSPS) is 14.3. The van der Waals surface area contributed by atoms with E-state index < -0.39 is 0 Å². The number of rotatable bonds is 4. The van der Waals surface area contributed by atoms with Gasteiger partial charge in [0.25, 0.3) is 0 Å². The molecule has 0 aliphatic carbocycles. The van der Waals surface area contributed by atoms with Crippen LogP contribution < -0.4 is 14.8 Å². The fourth-order valence-corrected chi connectivity index (χ4v) is 2.58. The predicted molar refractivity (Wildman–Crippen MR) is 79.0 cm³/mol. The van der Waals surface area contributed by atoms with Crippen molar-refractivity contribution in [2.75, 3.05) is 6.79 Å². The minimum Gasteiger partial charge on any atom is -0.454 e. The Morgan fingerprint density at radius 3 is 2.80 bits per heavy atom. The molecule has 3 heteroatoms. The number of aryl methyl sites for hydroxylation is 1. The van der Waals surface area contributed by atoms with Gasteiger partial charge in [-0.3, -0.25) is 0 Å². The topological polar surface area (TPSA) is 30.5 Å². The molecule has 1 heterocycles. The van der Waals surface area contributed by atoms with Gasteiger partial charge in [-0.25, -0.2) is 0 Å². The van der Waals surface area contributed by atoms with Crippen LogP contribution in [-0.2, 0) is 6.54 Å². The zero-order chi connectivity index (χ0) is 13.9. The van der Waals surface area contributed by atoms with E-state index in [0.29, 0.717) is 12.8 Å². The highest BCUT2D eigenvalue weighted by atomic mass is 16.7. The average Bonchev–Trinajstić information content (AvgIpc) is 2.94. The SMILES string of the molecule is Cc1ccccc1[C@@H](C)NCc1cccc2c1OCO2. The Morgan fingerprint density at radius 1 is 1.10 bits per heavy atom. The third-order valence-corrected chi connectivity index (χ3v) is 3.73. The number of ether oxygens (including phenoxy) is 2. The summed E-state index contributed by atoms with van der Waals surface area (Å²) in [6, 6.07) is 14.8. The van der Waals surface area contributed by atoms with Crippen molar-refractivity contribution in [3.05, 3.63) is 59.2 Å². The Morgan fingerprint density at radius 2 is 1.95 bits per heavy atom. The van der Waals surface area contributed by atoms with Gasteiger partial charge in [-0.05, 0) is 31.0 Å². The highest BCUT2D eigenvalue weighted by Crippen LogP contribution is 2.35. The maximum absolute atomic E-state index is 5.53. The molecule has 0 aromatic heterocycles. The van der Waals surface area contributed by atoms with Crippen molar-refractivity contribution in [3.8, 4) is 11.5 Å². The molecule has 1 aliphatic rings. The summed E-state index contributed by atoms with van der Waals surface area (Å²) in [5.41, 5.74) is 3.78. The van der Waals surface area contributed by atoms with Crippen LogP contribution in [0.15, 0.2) is 42.5 Å². The number of nitrogens with one attached hydrogen (secondary N) is 1. The van der Waals surface area contributed by atoms with E-state index in [1.54, 1.807) is 0 Å². The Balaban J connectivity index is 1.71. The van der Waals surface area contributed by atoms with E-state index in [1.807, 2.05) is 12.1 Å². The molecule has 0 amide bonds. The zero-order valence-corrected chi connectivity index (χ0v) is 11.8. The summed E-state index contributed by atoms with van der Waals surface area (Å²) in [4.78, 5) is 0. The lowest BCUT2D eigenvalue weighted by Gasteiger charge is -2.17. The van der Waals surface area contributed by atoms with Crippen LogP contribution in [0.25, 0.3) is 0 Å². The fourth-order valence-electron chi connectivity index (χ4n) is 2.58. The quantitative estimate of drug-likeness (QED) is 0.920. The van der Waals surface area contributed by atoms with Crippen molar-refractivity contribution in [1.82, 2.24) is 5.32 Å². The lowest BCUT2D eigenvalue weighted by atomic mass is 10.0. The molecule has 2 aromatic rings. The maximum atomic E-state index is 5.53. The van der Waals surface area contributed by atoms with Gasteiger partial charge in [0, 0.05) is 18.2 Å². The largest absolute Gasteiger partial charge is 0.454 e. The van der Waals surface area contributed by atoms with Crippen LogP contribution >= 0.6 is 0 Å². The van der Waals surface area contributed by atoms with E-state index in [1.165, 1.54) is 11.1 Å². The molecule has 3 nitrogen and oxygen atoms in total. The lowest BCUT2D eigenvalue weighted by molar-refractivity contribution is 0.173. The van der Waals surface area contributed by atoms with Crippen molar-refractivity contribution in [2.24, 2.45) is 0 Å². The molecule has 0 unspecified atom stereocenters. The third kappa shape index (κ3) is 2.49. The average molecular weight is 269 g/mol. The molecule has 1 aliphatic heterocycles. The van der Waals surface area contributed by atoms with Crippen LogP contribution in [-0.4, -0.2) is 6.79 Å². The number of hydrogen-bond donors (Lipinski definition) is 1. The number of hydrogen-bond acceptors (Lipinski definition) is 3. The second kappa shape index (κ2) is 5.55. The van der Waals surface area contributed by atoms with Gasteiger partial charge in [-0.2, -0.15) is 0 Å². The Bertz CT molecular complexity index is 610. The molecular formula is C17H19NO2. The van der Waals surface area contributed by atoms with E-state index in [-0.39, 0.29) is 0 Å². The first-order valence-electron chi connectivity index (χ1n) is 6.92. The van der Waals surface area contributed by atoms with E-state index in [2.05, 4.69) is 49.5 Å². The Hall–Kier alpha value is -2.00.